The van der Waals surface area contributed by atoms with Gasteiger partial charge in [0.1, 0.15) is 0 Å². The van der Waals surface area contributed by atoms with E-state index in [1.165, 1.54) is 0 Å². The highest BCUT2D eigenvalue weighted by Gasteiger charge is 2.14. The molecule has 1 atom stereocenters. The van der Waals surface area contributed by atoms with Crippen molar-refractivity contribution < 1.29 is 4.92 Å². The molecule has 0 N–H and O–H groups in total. The smallest absolute Gasteiger partial charge is 0.210 e. The highest BCUT2D eigenvalue weighted by molar-refractivity contribution is 6.31. The average molecular weight is 200 g/mol. The summed E-state index contributed by atoms with van der Waals surface area (Å²) in [5, 5.41) is 10.9. The van der Waals surface area contributed by atoms with E-state index in [-0.39, 0.29) is 17.4 Å². The first-order valence-corrected chi connectivity index (χ1v) is 4.35. The molecule has 1 aromatic rings. The van der Waals surface area contributed by atoms with Crippen molar-refractivity contribution in [2.75, 3.05) is 6.54 Å². The van der Waals surface area contributed by atoms with Gasteiger partial charge in [0.25, 0.3) is 0 Å². The van der Waals surface area contributed by atoms with Crippen LogP contribution in [0.4, 0.5) is 0 Å². The molecule has 0 fully saturated rings. The van der Waals surface area contributed by atoms with Crippen molar-refractivity contribution in [3.8, 4) is 0 Å². The van der Waals surface area contributed by atoms with Gasteiger partial charge in [-0.2, -0.15) is 0 Å². The second-order valence-electron chi connectivity index (χ2n) is 2.94. The van der Waals surface area contributed by atoms with E-state index in [1.54, 1.807) is 13.0 Å². The molecular weight excluding hydrogens is 190 g/mol. The Labute approximate surface area is 81.5 Å². The number of benzene rings is 1. The fourth-order valence-electron chi connectivity index (χ4n) is 1.20. The van der Waals surface area contributed by atoms with Crippen LogP contribution in [0.2, 0.25) is 5.02 Å². The summed E-state index contributed by atoms with van der Waals surface area (Å²) in [6, 6.07) is 7.20. The van der Waals surface area contributed by atoms with Crippen molar-refractivity contribution in [1.82, 2.24) is 0 Å². The van der Waals surface area contributed by atoms with Crippen molar-refractivity contribution in [3.63, 3.8) is 0 Å². The predicted molar refractivity (Wildman–Crippen MR) is 51.7 cm³/mol. The first-order chi connectivity index (χ1) is 6.11. The van der Waals surface area contributed by atoms with E-state index in [2.05, 4.69) is 0 Å². The molecule has 4 heteroatoms. The van der Waals surface area contributed by atoms with Crippen LogP contribution in [0.5, 0.6) is 0 Å². The maximum atomic E-state index is 10.3. The third-order valence-corrected chi connectivity index (χ3v) is 2.20. The van der Waals surface area contributed by atoms with Gasteiger partial charge in [0.05, 0.1) is 0 Å². The molecule has 0 aliphatic carbocycles. The Hall–Kier alpha value is -1.09. The normalized spacial score (nSPS) is 12.5. The van der Waals surface area contributed by atoms with Crippen molar-refractivity contribution >= 4 is 11.6 Å². The molecule has 0 aliphatic heterocycles. The first kappa shape index (κ1) is 9.99. The van der Waals surface area contributed by atoms with Gasteiger partial charge in [0.15, 0.2) is 0 Å². The van der Waals surface area contributed by atoms with E-state index in [4.69, 9.17) is 11.6 Å². The van der Waals surface area contributed by atoms with Gasteiger partial charge in [-0.1, -0.05) is 36.7 Å². The van der Waals surface area contributed by atoms with Crippen LogP contribution in [0.1, 0.15) is 18.4 Å². The molecule has 0 radical (unpaired) electrons. The zero-order chi connectivity index (χ0) is 9.84. The van der Waals surface area contributed by atoms with Crippen LogP contribution in [0.3, 0.4) is 0 Å². The van der Waals surface area contributed by atoms with E-state index in [0.717, 1.165) is 5.56 Å². The summed E-state index contributed by atoms with van der Waals surface area (Å²) < 4.78 is 0. The Kier molecular flexibility index (Phi) is 3.25. The van der Waals surface area contributed by atoms with Crippen molar-refractivity contribution in [3.05, 3.63) is 45.0 Å². The summed E-state index contributed by atoms with van der Waals surface area (Å²) in [6.45, 7) is 1.72. The Morgan fingerprint density at radius 2 is 2.15 bits per heavy atom. The van der Waals surface area contributed by atoms with Gasteiger partial charge < -0.3 is 0 Å². The fraction of sp³-hybridized carbons (Fsp3) is 0.333. The second kappa shape index (κ2) is 4.23. The zero-order valence-electron chi connectivity index (χ0n) is 7.24. The first-order valence-electron chi connectivity index (χ1n) is 3.97. The molecule has 0 aromatic heterocycles. The second-order valence-corrected chi connectivity index (χ2v) is 3.35. The van der Waals surface area contributed by atoms with Crippen LogP contribution in [0.15, 0.2) is 24.3 Å². The molecule has 70 valence electrons. The van der Waals surface area contributed by atoms with Crippen molar-refractivity contribution in [2.24, 2.45) is 0 Å². The average Bonchev–Trinajstić information content (AvgIpc) is 2.03. The topological polar surface area (TPSA) is 43.1 Å². The number of nitro groups is 1. The molecule has 0 aliphatic rings. The molecule has 0 amide bonds. The number of nitrogens with zero attached hydrogens (tertiary/aromatic N) is 1. The zero-order valence-corrected chi connectivity index (χ0v) is 7.99. The van der Waals surface area contributed by atoms with Gasteiger partial charge in [-0.15, -0.1) is 0 Å². The highest BCUT2D eigenvalue weighted by Crippen LogP contribution is 2.23. The fourth-order valence-corrected chi connectivity index (χ4v) is 1.52. The monoisotopic (exact) mass is 199 g/mol. The Morgan fingerprint density at radius 3 is 2.69 bits per heavy atom. The molecule has 0 spiro atoms. The number of hydrogen-bond acceptors (Lipinski definition) is 2. The van der Waals surface area contributed by atoms with E-state index in [0.29, 0.717) is 5.02 Å². The standard InChI is InChI=1S/C9H10ClNO2/c1-7(6-11(12)13)8-4-2-3-5-9(8)10/h2-5,7H,6H2,1H3. The minimum absolute atomic E-state index is 0.0796. The minimum Gasteiger partial charge on any atom is -0.265 e. The molecule has 0 saturated carbocycles. The van der Waals surface area contributed by atoms with Crippen LogP contribution in [-0.4, -0.2) is 11.5 Å². The molecule has 0 bridgehead atoms. The van der Waals surface area contributed by atoms with Crippen molar-refractivity contribution in [2.45, 2.75) is 12.8 Å². The van der Waals surface area contributed by atoms with Crippen LogP contribution in [0.25, 0.3) is 0 Å². The van der Waals surface area contributed by atoms with Crippen LogP contribution in [0, 0.1) is 10.1 Å². The lowest BCUT2D eigenvalue weighted by atomic mass is 10.0. The van der Waals surface area contributed by atoms with Gasteiger partial charge in [0, 0.05) is 15.9 Å². The molecular formula is C9H10ClNO2. The maximum absolute atomic E-state index is 10.3. The molecule has 3 nitrogen and oxygen atoms in total. The Balaban J connectivity index is 2.82. The quantitative estimate of drug-likeness (QED) is 0.555. The summed E-state index contributed by atoms with van der Waals surface area (Å²) in [5.74, 6) is -0.135. The lowest BCUT2D eigenvalue weighted by molar-refractivity contribution is -0.482. The van der Waals surface area contributed by atoms with Crippen molar-refractivity contribution in [1.29, 1.82) is 0 Å². The molecule has 1 rings (SSSR count). The molecule has 0 heterocycles. The van der Waals surface area contributed by atoms with E-state index in [9.17, 15) is 10.1 Å². The van der Waals surface area contributed by atoms with Crippen LogP contribution < -0.4 is 0 Å². The van der Waals surface area contributed by atoms with Crippen LogP contribution >= 0.6 is 11.6 Å². The molecule has 13 heavy (non-hydrogen) atoms. The van der Waals surface area contributed by atoms with E-state index < -0.39 is 0 Å². The number of halogens is 1. The summed E-state index contributed by atoms with van der Waals surface area (Å²) in [4.78, 5) is 9.93. The third-order valence-electron chi connectivity index (χ3n) is 1.86. The van der Waals surface area contributed by atoms with Gasteiger partial charge in [-0.3, -0.25) is 10.1 Å². The minimum atomic E-state index is -0.325. The van der Waals surface area contributed by atoms with Crippen LogP contribution in [-0.2, 0) is 0 Å². The van der Waals surface area contributed by atoms with Gasteiger partial charge in [0.2, 0.25) is 6.54 Å². The lowest BCUT2D eigenvalue weighted by Crippen LogP contribution is -2.09. The van der Waals surface area contributed by atoms with Gasteiger partial charge in [-0.25, -0.2) is 0 Å². The number of hydrogen-bond donors (Lipinski definition) is 0. The summed E-state index contributed by atoms with van der Waals surface area (Å²) in [6.07, 6.45) is 0. The van der Waals surface area contributed by atoms with Gasteiger partial charge in [-0.05, 0) is 11.6 Å². The van der Waals surface area contributed by atoms with Gasteiger partial charge >= 0.3 is 0 Å². The number of rotatable bonds is 3. The molecule has 1 unspecified atom stereocenters. The Bertz CT molecular complexity index is 314. The maximum Gasteiger partial charge on any atom is 0.210 e. The lowest BCUT2D eigenvalue weighted by Gasteiger charge is -2.08. The third kappa shape index (κ3) is 2.70. The highest BCUT2D eigenvalue weighted by atomic mass is 35.5. The Morgan fingerprint density at radius 1 is 1.54 bits per heavy atom. The van der Waals surface area contributed by atoms with E-state index in [1.807, 2.05) is 18.2 Å². The molecule has 1 aromatic carbocycles. The van der Waals surface area contributed by atoms with E-state index >= 15 is 0 Å². The predicted octanol–water partition coefficient (Wildman–Crippen LogP) is 2.72. The summed E-state index contributed by atoms with van der Waals surface area (Å²) >= 11 is 5.88. The largest absolute Gasteiger partial charge is 0.265 e. The molecule has 0 saturated heterocycles. The summed E-state index contributed by atoms with van der Waals surface area (Å²) in [7, 11) is 0. The summed E-state index contributed by atoms with van der Waals surface area (Å²) in [5.41, 5.74) is 0.834. The SMILES string of the molecule is CC(C[N+](=O)[O-])c1ccccc1Cl.